The average Bonchev–Trinajstić information content (AvgIpc) is 2.26. The molecule has 0 N–H and O–H groups in total. The molecule has 0 spiro atoms. The molecule has 1 rings (SSSR count). The Kier molecular flexibility index (Phi) is 6.68. The van der Waals surface area contributed by atoms with Crippen molar-refractivity contribution in [3.05, 3.63) is 35.9 Å². The standard InChI is InChI=1S/C13H21O3P/c1-11(2)15-17(16-12(3)4)14-10-13-8-6-5-7-9-13/h5-9,11-12H,10H2,1-4H3. The largest absolute Gasteiger partial charge is 0.333 e. The molecule has 0 heterocycles. The van der Waals surface area contributed by atoms with E-state index >= 15 is 0 Å². The normalized spacial score (nSPS) is 11.7. The van der Waals surface area contributed by atoms with Gasteiger partial charge in [0.25, 0.3) is 0 Å². The monoisotopic (exact) mass is 256 g/mol. The lowest BCUT2D eigenvalue weighted by Crippen LogP contribution is -2.06. The van der Waals surface area contributed by atoms with Crippen LogP contribution >= 0.6 is 8.60 Å². The molecule has 0 fully saturated rings. The predicted molar refractivity (Wildman–Crippen MR) is 70.6 cm³/mol. The molecule has 0 saturated carbocycles. The number of benzene rings is 1. The molecule has 1 aromatic carbocycles. The highest BCUT2D eigenvalue weighted by atomic mass is 31.2. The average molecular weight is 256 g/mol. The maximum absolute atomic E-state index is 5.67. The Balaban J connectivity index is 2.43. The molecule has 0 saturated heterocycles. The first-order chi connectivity index (χ1) is 8.08. The molecule has 4 heteroatoms. The molecule has 0 amide bonds. The third kappa shape index (κ3) is 6.75. The van der Waals surface area contributed by atoms with Crippen molar-refractivity contribution in [2.45, 2.75) is 46.5 Å². The van der Waals surface area contributed by atoms with Gasteiger partial charge in [0.05, 0.1) is 18.8 Å². The van der Waals surface area contributed by atoms with E-state index in [2.05, 4.69) is 0 Å². The van der Waals surface area contributed by atoms with Gasteiger partial charge in [0.2, 0.25) is 0 Å². The van der Waals surface area contributed by atoms with Gasteiger partial charge in [0.15, 0.2) is 0 Å². The maximum atomic E-state index is 5.67. The van der Waals surface area contributed by atoms with E-state index in [1.54, 1.807) is 0 Å². The topological polar surface area (TPSA) is 27.7 Å². The van der Waals surface area contributed by atoms with E-state index < -0.39 is 8.60 Å². The van der Waals surface area contributed by atoms with Crippen LogP contribution in [0.5, 0.6) is 0 Å². The molecule has 0 bridgehead atoms. The lowest BCUT2D eigenvalue weighted by molar-refractivity contribution is 0.108. The molecule has 0 atom stereocenters. The van der Waals surface area contributed by atoms with Crippen LogP contribution < -0.4 is 0 Å². The van der Waals surface area contributed by atoms with Crippen LogP contribution in [0.4, 0.5) is 0 Å². The van der Waals surface area contributed by atoms with Gasteiger partial charge in [0.1, 0.15) is 0 Å². The molecule has 0 aromatic heterocycles. The molecule has 3 nitrogen and oxygen atoms in total. The zero-order valence-corrected chi connectivity index (χ0v) is 11.8. The van der Waals surface area contributed by atoms with Gasteiger partial charge < -0.3 is 13.6 Å². The van der Waals surface area contributed by atoms with Crippen LogP contribution in [0.25, 0.3) is 0 Å². The predicted octanol–water partition coefficient (Wildman–Crippen LogP) is 4.28. The van der Waals surface area contributed by atoms with Crippen LogP contribution in [-0.4, -0.2) is 12.2 Å². The van der Waals surface area contributed by atoms with Gasteiger partial charge in [-0.2, -0.15) is 0 Å². The van der Waals surface area contributed by atoms with Crippen LogP contribution in [0.2, 0.25) is 0 Å². The second-order valence-electron chi connectivity index (χ2n) is 4.29. The summed E-state index contributed by atoms with van der Waals surface area (Å²) < 4.78 is 16.9. The Morgan fingerprint density at radius 2 is 1.47 bits per heavy atom. The third-order valence-corrected chi connectivity index (χ3v) is 3.30. The van der Waals surface area contributed by atoms with E-state index in [1.807, 2.05) is 58.0 Å². The fraction of sp³-hybridized carbons (Fsp3) is 0.538. The van der Waals surface area contributed by atoms with Crippen molar-refractivity contribution in [3.8, 4) is 0 Å². The van der Waals surface area contributed by atoms with Crippen LogP contribution in [0, 0.1) is 0 Å². The summed E-state index contributed by atoms with van der Waals surface area (Å²) in [6.45, 7) is 8.43. The Bertz CT molecular complexity index is 291. The number of hydrogen-bond donors (Lipinski definition) is 0. The van der Waals surface area contributed by atoms with Crippen LogP contribution in [-0.2, 0) is 20.2 Å². The lowest BCUT2D eigenvalue weighted by Gasteiger charge is -2.20. The van der Waals surface area contributed by atoms with Gasteiger partial charge >= 0.3 is 8.60 Å². The molecular formula is C13H21O3P. The van der Waals surface area contributed by atoms with Crippen molar-refractivity contribution in [2.24, 2.45) is 0 Å². The molecule has 17 heavy (non-hydrogen) atoms. The van der Waals surface area contributed by atoms with Gasteiger partial charge in [-0.1, -0.05) is 30.3 Å². The van der Waals surface area contributed by atoms with Crippen LogP contribution in [0.1, 0.15) is 33.3 Å². The van der Waals surface area contributed by atoms with Crippen LogP contribution in [0.3, 0.4) is 0 Å². The highest BCUT2D eigenvalue weighted by molar-refractivity contribution is 7.41. The van der Waals surface area contributed by atoms with E-state index in [0.717, 1.165) is 5.56 Å². The van der Waals surface area contributed by atoms with Gasteiger partial charge in [-0.25, -0.2) is 0 Å². The zero-order valence-electron chi connectivity index (χ0n) is 10.9. The minimum absolute atomic E-state index is 0.107. The molecule has 0 unspecified atom stereocenters. The van der Waals surface area contributed by atoms with E-state index in [0.29, 0.717) is 6.61 Å². The molecule has 96 valence electrons. The van der Waals surface area contributed by atoms with Gasteiger partial charge in [-0.3, -0.25) is 0 Å². The summed E-state index contributed by atoms with van der Waals surface area (Å²) in [4.78, 5) is 0. The minimum Gasteiger partial charge on any atom is -0.309 e. The molecule has 0 radical (unpaired) electrons. The summed E-state index contributed by atoms with van der Waals surface area (Å²) in [6.07, 6.45) is 0.214. The second-order valence-corrected chi connectivity index (χ2v) is 5.42. The van der Waals surface area contributed by atoms with E-state index in [1.165, 1.54) is 0 Å². The molecule has 0 aliphatic heterocycles. The van der Waals surface area contributed by atoms with Crippen molar-refractivity contribution in [3.63, 3.8) is 0 Å². The maximum Gasteiger partial charge on any atom is 0.333 e. The molecule has 0 aliphatic rings. The van der Waals surface area contributed by atoms with Gasteiger partial charge in [-0.15, -0.1) is 0 Å². The zero-order chi connectivity index (χ0) is 12.7. The Morgan fingerprint density at radius 1 is 0.941 bits per heavy atom. The fourth-order valence-electron chi connectivity index (χ4n) is 1.13. The summed E-state index contributed by atoms with van der Waals surface area (Å²) in [7, 11) is -1.26. The summed E-state index contributed by atoms with van der Waals surface area (Å²) in [6, 6.07) is 10.0. The van der Waals surface area contributed by atoms with Crippen molar-refractivity contribution in [1.82, 2.24) is 0 Å². The number of rotatable bonds is 7. The smallest absolute Gasteiger partial charge is 0.309 e. The van der Waals surface area contributed by atoms with Gasteiger partial charge in [0, 0.05) is 0 Å². The molecule has 1 aromatic rings. The van der Waals surface area contributed by atoms with Crippen molar-refractivity contribution in [1.29, 1.82) is 0 Å². The highest BCUT2D eigenvalue weighted by Crippen LogP contribution is 2.43. The first-order valence-corrected chi connectivity index (χ1v) is 6.98. The van der Waals surface area contributed by atoms with Gasteiger partial charge in [-0.05, 0) is 33.3 Å². The minimum atomic E-state index is -1.26. The van der Waals surface area contributed by atoms with E-state index in [9.17, 15) is 0 Å². The Morgan fingerprint density at radius 3 is 1.94 bits per heavy atom. The number of hydrogen-bond acceptors (Lipinski definition) is 3. The fourth-order valence-corrected chi connectivity index (χ4v) is 2.25. The first kappa shape index (κ1) is 14.6. The summed E-state index contributed by atoms with van der Waals surface area (Å²) in [5.74, 6) is 0. The summed E-state index contributed by atoms with van der Waals surface area (Å²) >= 11 is 0. The van der Waals surface area contributed by atoms with Crippen molar-refractivity contribution < 1.29 is 13.6 Å². The summed E-state index contributed by atoms with van der Waals surface area (Å²) in [5.41, 5.74) is 1.12. The Hall–Kier alpha value is -0.470. The first-order valence-electron chi connectivity index (χ1n) is 5.88. The second kappa shape index (κ2) is 7.78. The lowest BCUT2D eigenvalue weighted by atomic mass is 10.2. The highest BCUT2D eigenvalue weighted by Gasteiger charge is 2.16. The quantitative estimate of drug-likeness (QED) is 0.681. The molecule has 0 aliphatic carbocycles. The summed E-state index contributed by atoms with van der Waals surface area (Å²) in [5, 5.41) is 0. The SMILES string of the molecule is CC(C)OP(OCc1ccccc1)OC(C)C. The van der Waals surface area contributed by atoms with Crippen molar-refractivity contribution in [2.75, 3.05) is 0 Å². The molecular weight excluding hydrogens is 235 g/mol. The van der Waals surface area contributed by atoms with E-state index in [-0.39, 0.29) is 12.2 Å². The Labute approximate surface area is 105 Å². The third-order valence-electron chi connectivity index (χ3n) is 1.77. The van der Waals surface area contributed by atoms with E-state index in [4.69, 9.17) is 13.6 Å². The van der Waals surface area contributed by atoms with Crippen molar-refractivity contribution >= 4 is 8.60 Å². The van der Waals surface area contributed by atoms with Crippen LogP contribution in [0.15, 0.2) is 30.3 Å².